The molecule has 0 radical (unpaired) electrons. The van der Waals surface area contributed by atoms with E-state index in [-0.39, 0.29) is 184 Å². The summed E-state index contributed by atoms with van der Waals surface area (Å²) in [6.45, 7) is 0. The van der Waals surface area contributed by atoms with Gasteiger partial charge in [0.15, 0.2) is 0 Å². The summed E-state index contributed by atoms with van der Waals surface area (Å²) >= 11 is 0. The van der Waals surface area contributed by atoms with E-state index in [0.29, 0.717) is 0 Å². The molecule has 1 N–H and O–H groups in total. The zero-order chi connectivity index (χ0) is 7.15. The Hall–Kier alpha value is 5.12. The summed E-state index contributed by atoms with van der Waals surface area (Å²) in [6.07, 6.45) is -2.08. The molecule has 0 saturated carbocycles. The van der Waals surface area contributed by atoms with Crippen LogP contribution in [0.1, 0.15) is 0 Å². The Morgan fingerprint density at radius 3 is 1.08 bits per heavy atom. The third-order valence-corrected chi connectivity index (χ3v) is 0. The summed E-state index contributed by atoms with van der Waals surface area (Å²) in [4.78, 5) is 8.44. The minimum Gasteiger partial charge on any atom is -0.907 e. The van der Waals surface area contributed by atoms with Crippen LogP contribution in [0, 0.1) is 0 Å². The fourth-order valence-corrected chi connectivity index (χ4v) is 0. The van der Waals surface area contributed by atoms with Crippen LogP contribution >= 0.6 is 0 Å². The van der Waals surface area contributed by atoms with Gasteiger partial charge in [-0.3, -0.25) is 7.32 Å². The Bertz CT molecular complexity index is 67.1. The largest absolute Gasteiger partial charge is 1.00 e. The summed E-state index contributed by atoms with van der Waals surface area (Å²) in [7, 11) is -2.92. The van der Waals surface area contributed by atoms with Crippen LogP contribution in [-0.4, -0.2) is 18.6 Å². The fraction of sp³-hybridized carbons (Fsp3) is 0. The Kier molecular flexibility index (Phi) is 89.4. The number of hydrogen-bond acceptors (Lipinski definition) is 5. The average Bonchev–Trinajstić information content (AvgIpc) is 1.25. The minimum atomic E-state index is -2.92. The van der Waals surface area contributed by atoms with Gasteiger partial charge in [0.2, 0.25) is 6.16 Å². The molecule has 0 saturated heterocycles. The van der Waals surface area contributed by atoms with E-state index in [9.17, 15) is 0 Å². The van der Waals surface area contributed by atoms with Crippen molar-refractivity contribution in [1.29, 1.82) is 0 Å². The molecular formula is CHBK3NaO6. The van der Waals surface area contributed by atoms with Crippen LogP contribution in [0.2, 0.25) is 0 Å². The fourth-order valence-electron chi connectivity index (χ4n) is 0. The molecule has 0 rings (SSSR count). The molecule has 48 valence electrons. The van der Waals surface area contributed by atoms with Crippen LogP contribution in [0.3, 0.4) is 0 Å². The van der Waals surface area contributed by atoms with E-state index in [1.54, 1.807) is 0 Å². The van der Waals surface area contributed by atoms with Gasteiger partial charge < -0.3 is 30.1 Å². The number of hydrogen-bond donors (Lipinski definition) is 1. The van der Waals surface area contributed by atoms with Crippen molar-refractivity contribution in [3.63, 3.8) is 0 Å². The maximum atomic E-state index is 8.44. The standard InChI is InChI=1S/CH2O3.BO3.3K.Na/c2*2-1(3)4;;;;/h(H2,2,3,4);;;;;/q;-3;4*+1/p-1. The summed E-state index contributed by atoms with van der Waals surface area (Å²) in [5, 5.41) is 40.6. The SMILES string of the molecule is O=C([O-])O.[K+].[K+].[K+].[Na+].[O-]B([O-])[O-]. The number of carbonyl (C=O) groups is 1. The van der Waals surface area contributed by atoms with Crippen molar-refractivity contribution < 1.29 is 214 Å². The molecule has 0 aromatic rings. The van der Waals surface area contributed by atoms with Crippen molar-refractivity contribution in [2.75, 3.05) is 0 Å². The first kappa shape index (κ1) is 36.0. The van der Waals surface area contributed by atoms with E-state index >= 15 is 0 Å². The van der Waals surface area contributed by atoms with E-state index in [4.69, 9.17) is 30.1 Å². The maximum Gasteiger partial charge on any atom is 1.00 e. The van der Waals surface area contributed by atoms with Crippen LogP contribution in [-0.2, 0) is 0 Å². The topological polar surface area (TPSA) is 130 Å². The van der Waals surface area contributed by atoms with E-state index in [1.165, 1.54) is 0 Å². The average molecular weight is 260 g/mol. The summed E-state index contributed by atoms with van der Waals surface area (Å²) in [6, 6.07) is 0. The minimum absolute atomic E-state index is 0. The molecule has 0 spiro atoms. The van der Waals surface area contributed by atoms with Crippen LogP contribution in [0.5, 0.6) is 0 Å². The maximum absolute atomic E-state index is 8.44. The molecule has 0 fully saturated rings. The molecule has 0 bridgehead atoms. The number of rotatable bonds is 0. The Morgan fingerprint density at radius 1 is 1.08 bits per heavy atom. The van der Waals surface area contributed by atoms with Crippen LogP contribution in [0.25, 0.3) is 0 Å². The first-order valence-corrected chi connectivity index (χ1v) is 1.34. The van der Waals surface area contributed by atoms with Gasteiger partial charge in [0.25, 0.3) is 0 Å². The smallest absolute Gasteiger partial charge is 0.907 e. The molecule has 12 heavy (non-hydrogen) atoms. The predicted octanol–water partition coefficient (Wildman–Crippen LogP) is -17.0. The van der Waals surface area contributed by atoms with Crippen molar-refractivity contribution in [2.45, 2.75) is 0 Å². The van der Waals surface area contributed by atoms with E-state index in [2.05, 4.69) is 0 Å². The summed E-state index contributed by atoms with van der Waals surface area (Å²) in [5.41, 5.74) is 0. The summed E-state index contributed by atoms with van der Waals surface area (Å²) in [5.74, 6) is 0. The molecule has 0 amide bonds. The third kappa shape index (κ3) is 115. The first-order chi connectivity index (χ1) is 3.46. The first-order valence-electron chi connectivity index (χ1n) is 1.34. The molecular weight excluding hydrogens is 259 g/mol. The molecule has 0 unspecified atom stereocenters. The van der Waals surface area contributed by atoms with Crippen molar-refractivity contribution in [3.8, 4) is 0 Å². The van der Waals surface area contributed by atoms with Gasteiger partial charge in [-0.05, 0) is 0 Å². The summed E-state index contributed by atoms with van der Waals surface area (Å²) < 4.78 is 0. The predicted molar refractivity (Wildman–Crippen MR) is 13.8 cm³/mol. The van der Waals surface area contributed by atoms with Crippen LogP contribution < -0.4 is 204 Å². The third-order valence-electron chi connectivity index (χ3n) is 0. The second-order valence-electron chi connectivity index (χ2n) is 0.555. The second kappa shape index (κ2) is 29.8. The normalized spacial score (nSPS) is 4.25. The molecule has 0 aliphatic rings. The van der Waals surface area contributed by atoms with Gasteiger partial charge >= 0.3 is 184 Å². The van der Waals surface area contributed by atoms with Gasteiger partial charge in [0.05, 0.1) is 0 Å². The zero-order valence-electron chi connectivity index (χ0n) is 7.57. The van der Waals surface area contributed by atoms with Gasteiger partial charge in [-0.1, -0.05) is 0 Å². The number of carboxylic acid groups (broad SMARTS) is 2. The van der Waals surface area contributed by atoms with Crippen molar-refractivity contribution >= 4 is 13.5 Å². The molecule has 0 aromatic heterocycles. The second-order valence-corrected chi connectivity index (χ2v) is 0.555. The molecule has 0 heterocycles. The van der Waals surface area contributed by atoms with Gasteiger partial charge in [-0.25, -0.2) is 0 Å². The molecule has 0 atom stereocenters. The van der Waals surface area contributed by atoms with Crippen LogP contribution in [0.4, 0.5) is 4.79 Å². The van der Waals surface area contributed by atoms with Crippen molar-refractivity contribution in [3.05, 3.63) is 0 Å². The zero-order valence-corrected chi connectivity index (χ0v) is 18.9. The molecule has 0 aromatic carbocycles. The van der Waals surface area contributed by atoms with Gasteiger partial charge in [0.1, 0.15) is 0 Å². The Labute approximate surface area is 220 Å². The molecule has 11 heteroatoms. The Morgan fingerprint density at radius 2 is 1.08 bits per heavy atom. The van der Waals surface area contributed by atoms with E-state index < -0.39 is 13.5 Å². The van der Waals surface area contributed by atoms with E-state index in [0.717, 1.165) is 0 Å². The Balaban J connectivity index is -0.0000000112. The van der Waals surface area contributed by atoms with Gasteiger partial charge in [-0.15, -0.1) is 0 Å². The monoisotopic (exact) mass is 260 g/mol. The van der Waals surface area contributed by atoms with Gasteiger partial charge in [0, 0.05) is 0 Å². The molecule has 0 aliphatic heterocycles. The van der Waals surface area contributed by atoms with E-state index in [1.807, 2.05) is 0 Å². The van der Waals surface area contributed by atoms with Crippen molar-refractivity contribution in [2.24, 2.45) is 0 Å². The van der Waals surface area contributed by atoms with Crippen LogP contribution in [0.15, 0.2) is 0 Å². The molecule has 6 nitrogen and oxygen atoms in total. The van der Waals surface area contributed by atoms with Gasteiger partial charge in [-0.2, -0.15) is 0 Å². The quantitative estimate of drug-likeness (QED) is 0.430. The van der Waals surface area contributed by atoms with Crippen molar-refractivity contribution in [1.82, 2.24) is 0 Å². The molecule has 0 aliphatic carbocycles.